The molecule has 128 valence electrons. The van der Waals surface area contributed by atoms with Crippen molar-refractivity contribution >= 4 is 5.91 Å². The lowest BCUT2D eigenvalue weighted by atomic mass is 10.2. The summed E-state index contributed by atoms with van der Waals surface area (Å²) in [5, 5.41) is 2.98. The Bertz CT molecular complexity index is 478. The Morgan fingerprint density at radius 3 is 2.57 bits per heavy atom. The predicted molar refractivity (Wildman–Crippen MR) is 90.7 cm³/mol. The number of carbonyl (C=O) groups excluding carboxylic acids is 1. The Balaban J connectivity index is 1.73. The monoisotopic (exact) mass is 321 g/mol. The highest BCUT2D eigenvalue weighted by Gasteiger charge is 2.17. The standard InChI is InChI=1S/C18H28FN3O/c1-2-3-9-20-18(23)15-22-11-4-10-21(12-13-22)14-16-5-7-17(19)8-6-16/h5-8H,2-4,9-15H2,1H3,(H,20,23). The van der Waals surface area contributed by atoms with E-state index in [1.165, 1.54) is 12.1 Å². The van der Waals surface area contributed by atoms with Crippen molar-refractivity contribution in [3.8, 4) is 0 Å². The van der Waals surface area contributed by atoms with E-state index in [-0.39, 0.29) is 11.7 Å². The molecule has 0 spiro atoms. The Morgan fingerprint density at radius 1 is 1.13 bits per heavy atom. The molecule has 1 amide bonds. The second-order valence-corrected chi connectivity index (χ2v) is 6.24. The number of unbranched alkanes of at least 4 members (excludes halogenated alkanes) is 1. The van der Waals surface area contributed by atoms with E-state index in [4.69, 9.17) is 0 Å². The third kappa shape index (κ3) is 6.67. The predicted octanol–water partition coefficient (Wildman–Crippen LogP) is 2.25. The van der Waals surface area contributed by atoms with Crippen molar-refractivity contribution in [3.05, 3.63) is 35.6 Å². The summed E-state index contributed by atoms with van der Waals surface area (Å²) in [7, 11) is 0. The molecule has 0 radical (unpaired) electrons. The maximum atomic E-state index is 13.0. The van der Waals surface area contributed by atoms with Crippen LogP contribution in [0, 0.1) is 5.82 Å². The molecule has 0 unspecified atom stereocenters. The van der Waals surface area contributed by atoms with Gasteiger partial charge in [-0.05, 0) is 43.6 Å². The number of amides is 1. The Morgan fingerprint density at radius 2 is 1.83 bits per heavy atom. The summed E-state index contributed by atoms with van der Waals surface area (Å²) >= 11 is 0. The smallest absolute Gasteiger partial charge is 0.234 e. The largest absolute Gasteiger partial charge is 0.355 e. The average Bonchev–Trinajstić information content (AvgIpc) is 2.75. The number of nitrogens with one attached hydrogen (secondary N) is 1. The number of hydrogen-bond acceptors (Lipinski definition) is 3. The zero-order chi connectivity index (χ0) is 16.5. The second kappa shape index (κ2) is 9.63. The van der Waals surface area contributed by atoms with Gasteiger partial charge in [-0.15, -0.1) is 0 Å². The van der Waals surface area contributed by atoms with Gasteiger partial charge >= 0.3 is 0 Å². The van der Waals surface area contributed by atoms with Crippen LogP contribution in [0.3, 0.4) is 0 Å². The molecule has 5 heteroatoms. The summed E-state index contributed by atoms with van der Waals surface area (Å²) < 4.78 is 13.0. The third-order valence-corrected chi connectivity index (χ3v) is 4.22. The summed E-state index contributed by atoms with van der Waals surface area (Å²) in [5.41, 5.74) is 1.14. The summed E-state index contributed by atoms with van der Waals surface area (Å²) in [6.45, 7) is 8.07. The molecule has 4 nitrogen and oxygen atoms in total. The number of halogens is 1. The van der Waals surface area contributed by atoms with Crippen LogP contribution in [0.4, 0.5) is 4.39 Å². The first kappa shape index (κ1) is 17.9. The van der Waals surface area contributed by atoms with E-state index in [9.17, 15) is 9.18 Å². The van der Waals surface area contributed by atoms with Gasteiger partial charge in [-0.25, -0.2) is 4.39 Å². The van der Waals surface area contributed by atoms with Crippen molar-refractivity contribution in [2.75, 3.05) is 39.3 Å². The van der Waals surface area contributed by atoms with Crippen LogP contribution >= 0.6 is 0 Å². The van der Waals surface area contributed by atoms with Crippen molar-refractivity contribution in [1.29, 1.82) is 0 Å². The molecule has 1 aliphatic heterocycles. The van der Waals surface area contributed by atoms with Crippen LogP contribution in [0.15, 0.2) is 24.3 Å². The van der Waals surface area contributed by atoms with Gasteiger partial charge in [-0.2, -0.15) is 0 Å². The lowest BCUT2D eigenvalue weighted by molar-refractivity contribution is -0.122. The van der Waals surface area contributed by atoms with Crippen molar-refractivity contribution in [2.45, 2.75) is 32.7 Å². The van der Waals surface area contributed by atoms with Gasteiger partial charge in [0, 0.05) is 26.2 Å². The summed E-state index contributed by atoms with van der Waals surface area (Å²) in [4.78, 5) is 16.5. The molecule has 0 saturated carbocycles. The SMILES string of the molecule is CCCCNC(=O)CN1CCCN(Cc2ccc(F)cc2)CC1. The van der Waals surface area contributed by atoms with Crippen LogP contribution < -0.4 is 5.32 Å². The fourth-order valence-electron chi connectivity index (χ4n) is 2.85. The van der Waals surface area contributed by atoms with E-state index in [0.29, 0.717) is 6.54 Å². The van der Waals surface area contributed by atoms with E-state index < -0.39 is 0 Å². The first-order valence-electron chi connectivity index (χ1n) is 8.63. The van der Waals surface area contributed by atoms with Gasteiger partial charge in [0.1, 0.15) is 5.82 Å². The minimum Gasteiger partial charge on any atom is -0.355 e. The Kier molecular flexibility index (Phi) is 7.49. The molecule has 0 aromatic heterocycles. The first-order chi connectivity index (χ1) is 11.2. The van der Waals surface area contributed by atoms with Gasteiger partial charge in [-0.1, -0.05) is 25.5 Å². The lowest BCUT2D eigenvalue weighted by Gasteiger charge is -2.21. The van der Waals surface area contributed by atoms with Crippen LogP contribution in [0.25, 0.3) is 0 Å². The van der Waals surface area contributed by atoms with Gasteiger partial charge in [0.05, 0.1) is 6.54 Å². The summed E-state index contributed by atoms with van der Waals surface area (Å²) in [6, 6.07) is 6.72. The number of rotatable bonds is 7. The third-order valence-electron chi connectivity index (χ3n) is 4.22. The van der Waals surface area contributed by atoms with Gasteiger partial charge < -0.3 is 5.32 Å². The molecule has 1 N–H and O–H groups in total. The fourth-order valence-corrected chi connectivity index (χ4v) is 2.85. The minimum absolute atomic E-state index is 0.130. The molecule has 1 fully saturated rings. The van der Waals surface area contributed by atoms with Crippen molar-refractivity contribution < 1.29 is 9.18 Å². The van der Waals surface area contributed by atoms with Gasteiger partial charge in [0.2, 0.25) is 5.91 Å². The van der Waals surface area contributed by atoms with Crippen LogP contribution in [0.1, 0.15) is 31.7 Å². The molecule has 1 aliphatic rings. The van der Waals surface area contributed by atoms with Crippen LogP contribution in [0.5, 0.6) is 0 Å². The molecule has 23 heavy (non-hydrogen) atoms. The normalized spacial score (nSPS) is 17.0. The van der Waals surface area contributed by atoms with Crippen LogP contribution in [-0.4, -0.2) is 55.0 Å². The molecule has 0 bridgehead atoms. The minimum atomic E-state index is -0.190. The zero-order valence-electron chi connectivity index (χ0n) is 14.1. The van der Waals surface area contributed by atoms with Crippen molar-refractivity contribution in [1.82, 2.24) is 15.1 Å². The molecular formula is C18H28FN3O. The number of hydrogen-bond donors (Lipinski definition) is 1. The second-order valence-electron chi connectivity index (χ2n) is 6.24. The fraction of sp³-hybridized carbons (Fsp3) is 0.611. The number of carbonyl (C=O) groups is 1. The maximum absolute atomic E-state index is 13.0. The summed E-state index contributed by atoms with van der Waals surface area (Å²) in [6.07, 6.45) is 3.20. The van der Waals surface area contributed by atoms with Gasteiger partial charge in [0.25, 0.3) is 0 Å². The first-order valence-corrected chi connectivity index (χ1v) is 8.63. The van der Waals surface area contributed by atoms with Crippen molar-refractivity contribution in [2.24, 2.45) is 0 Å². The van der Waals surface area contributed by atoms with Gasteiger partial charge in [0.15, 0.2) is 0 Å². The number of benzene rings is 1. The van der Waals surface area contributed by atoms with Crippen LogP contribution in [-0.2, 0) is 11.3 Å². The molecule has 2 rings (SSSR count). The molecule has 1 aromatic rings. The summed E-state index contributed by atoms with van der Waals surface area (Å²) in [5.74, 6) is -0.0599. The Hall–Kier alpha value is -1.46. The molecule has 0 atom stereocenters. The zero-order valence-corrected chi connectivity index (χ0v) is 14.1. The lowest BCUT2D eigenvalue weighted by Crippen LogP contribution is -2.39. The van der Waals surface area contributed by atoms with E-state index >= 15 is 0 Å². The quantitative estimate of drug-likeness (QED) is 0.783. The van der Waals surface area contributed by atoms with E-state index in [1.54, 1.807) is 0 Å². The molecular weight excluding hydrogens is 293 g/mol. The highest BCUT2D eigenvalue weighted by molar-refractivity contribution is 5.77. The molecule has 0 aliphatic carbocycles. The Labute approximate surface area is 138 Å². The molecule has 1 aromatic carbocycles. The van der Waals surface area contributed by atoms with E-state index in [2.05, 4.69) is 22.0 Å². The number of nitrogens with zero attached hydrogens (tertiary/aromatic N) is 2. The van der Waals surface area contributed by atoms with Crippen molar-refractivity contribution in [3.63, 3.8) is 0 Å². The maximum Gasteiger partial charge on any atom is 0.234 e. The highest BCUT2D eigenvalue weighted by atomic mass is 19.1. The average molecular weight is 321 g/mol. The van der Waals surface area contributed by atoms with Crippen LogP contribution in [0.2, 0.25) is 0 Å². The highest BCUT2D eigenvalue weighted by Crippen LogP contribution is 2.10. The van der Waals surface area contributed by atoms with Gasteiger partial charge in [-0.3, -0.25) is 14.6 Å². The van der Waals surface area contributed by atoms with E-state index in [1.807, 2.05) is 12.1 Å². The topological polar surface area (TPSA) is 35.6 Å². The molecule has 1 heterocycles. The molecule has 1 saturated heterocycles. The van der Waals surface area contributed by atoms with E-state index in [0.717, 1.165) is 64.1 Å².